The van der Waals surface area contributed by atoms with E-state index in [1.807, 2.05) is 26.0 Å². The number of nitriles is 2. The van der Waals surface area contributed by atoms with Crippen molar-refractivity contribution in [3.63, 3.8) is 0 Å². The lowest BCUT2D eigenvalue weighted by Crippen LogP contribution is -2.25. The molecule has 5 unspecified atom stereocenters. The smallest absolute Gasteiger partial charge is 0.319 e. The van der Waals surface area contributed by atoms with E-state index < -0.39 is 73.4 Å². The van der Waals surface area contributed by atoms with E-state index in [-0.39, 0.29) is 97.7 Å². The number of hydrogen-bond acceptors (Lipinski definition) is 33. The number of fused-ring (bicyclic) bond motifs is 6. The average molecular weight is 2020 g/mol. The van der Waals surface area contributed by atoms with Gasteiger partial charge in [0.25, 0.3) is 33.4 Å². The minimum atomic E-state index is -0.541. The van der Waals surface area contributed by atoms with Crippen LogP contribution in [0.1, 0.15) is 58.6 Å². The van der Waals surface area contributed by atoms with Crippen molar-refractivity contribution in [2.45, 2.75) is 99.5 Å². The van der Waals surface area contributed by atoms with Crippen molar-refractivity contribution >= 4 is 167 Å². The first-order valence-corrected chi connectivity index (χ1v) is 45.8. The van der Waals surface area contributed by atoms with Crippen molar-refractivity contribution in [3.05, 3.63) is 284 Å². The van der Waals surface area contributed by atoms with E-state index >= 15 is 0 Å². The molecule has 0 saturated heterocycles. The molecule has 0 aliphatic rings. The van der Waals surface area contributed by atoms with Crippen molar-refractivity contribution in [2.24, 2.45) is 11.5 Å². The number of nitrogens with zero attached hydrogens (tertiary/aromatic N) is 19. The van der Waals surface area contributed by atoms with E-state index in [9.17, 15) is 70.3 Å². The fraction of sp³-hybridized carbons (Fsp3) is 0.170. The number of carbonyl (C=O) groups excluding carboxylic acids is 5. The number of benzene rings is 6. The van der Waals surface area contributed by atoms with Crippen LogP contribution in [0.25, 0.3) is 100 Å². The molecule has 18 aromatic rings. The number of rotatable bonds is 23. The van der Waals surface area contributed by atoms with E-state index in [1.165, 1.54) is 135 Å². The summed E-state index contributed by atoms with van der Waals surface area (Å²) in [5, 5.41) is 43.2. The summed E-state index contributed by atoms with van der Waals surface area (Å²) in [6, 6.07) is 40.9. The van der Waals surface area contributed by atoms with E-state index in [1.54, 1.807) is 118 Å². The Morgan fingerprint density at radius 2 is 0.636 bits per heavy atom. The maximum absolute atomic E-state index is 13.5. The highest BCUT2D eigenvalue weighted by atomic mass is 32.2. The zero-order valence-corrected chi connectivity index (χ0v) is 78.8. The fourth-order valence-corrected chi connectivity index (χ4v) is 17.0. The van der Waals surface area contributed by atoms with Crippen molar-refractivity contribution in [1.29, 1.82) is 10.5 Å². The third kappa shape index (κ3) is 23.9. The minimum Gasteiger partial charge on any atom is -0.468 e. The highest BCUT2D eigenvalue weighted by Gasteiger charge is 2.26. The van der Waals surface area contributed by atoms with Crippen LogP contribution < -0.4 is 44.8 Å². The predicted molar refractivity (Wildman–Crippen MR) is 514 cm³/mol. The molecule has 52 heteroatoms. The van der Waals surface area contributed by atoms with Gasteiger partial charge >= 0.3 is 17.9 Å². The van der Waals surface area contributed by atoms with Crippen molar-refractivity contribution in [3.8, 4) is 46.3 Å². The van der Waals surface area contributed by atoms with Crippen LogP contribution in [0.4, 0.5) is 17.6 Å². The largest absolute Gasteiger partial charge is 0.468 e. The quantitative estimate of drug-likeness (QED) is 0.00717. The predicted octanol–water partition coefficient (Wildman–Crippen LogP) is 10.3. The number of esters is 3. The molecule has 5 atom stereocenters. The van der Waals surface area contributed by atoms with Gasteiger partial charge < -0.3 is 55.6 Å². The SMILES string of the molecule is CC(Sc1nc2c(cnn2-c2ccc(C#N)cc2)c(=O)[nH]1)C(N)=O.CCC(Sc1nc2c(cnn2-c2cccc(F)c2)c(=O)[nH]1)C(=O)OC.CCC(Sc1nc2c(cnn2-c2cccc(F)c2)c(=O)[nH]1)C(N)=O.COC(=O)C(C)Sc1nc2c(cnn2-c2ccc(C#N)cc2)c(=O)[nH]1.COC(=O)C(C)Sc1nc2c(cnn2-c2cccc(F)c2)c(=O)[nH]1.O=c1[nH]c(=S)[nH]c2c1cnn2-c1cccc(F)c1. The average Bonchev–Trinajstić information content (AvgIpc) is 1.66. The van der Waals surface area contributed by atoms with Crippen LogP contribution in [-0.4, -0.2) is 196 Å². The van der Waals surface area contributed by atoms with Crippen molar-refractivity contribution in [1.82, 2.24) is 118 Å². The van der Waals surface area contributed by atoms with E-state index in [2.05, 4.69) is 99.9 Å². The zero-order chi connectivity index (χ0) is 100. The summed E-state index contributed by atoms with van der Waals surface area (Å²) in [5.74, 6) is -3.85. The number of carbonyl (C=O) groups is 5. The number of nitrogens with one attached hydrogen (secondary N) is 7. The number of methoxy groups -OCH3 is 3. The first-order chi connectivity index (χ1) is 67.2. The Bertz CT molecular complexity index is 8290. The Balaban J connectivity index is 0.000000142. The van der Waals surface area contributed by atoms with Gasteiger partial charge in [-0.05, 0) is 167 Å². The Kier molecular flexibility index (Phi) is 32.7. The molecule has 0 saturated carbocycles. The van der Waals surface area contributed by atoms with Crippen molar-refractivity contribution < 1.29 is 55.7 Å². The Hall–Kier alpha value is -16.6. The number of aromatic amines is 7. The Morgan fingerprint density at radius 3 is 0.921 bits per heavy atom. The molecule has 42 nitrogen and oxygen atoms in total. The van der Waals surface area contributed by atoms with Crippen LogP contribution in [-0.2, 0) is 38.2 Å². The maximum Gasteiger partial charge on any atom is 0.319 e. The monoisotopic (exact) mass is 2010 g/mol. The molecular weight excluding hydrogens is 1940 g/mol. The first-order valence-electron chi connectivity index (χ1n) is 41.0. The Morgan fingerprint density at radius 1 is 0.364 bits per heavy atom. The summed E-state index contributed by atoms with van der Waals surface area (Å²) in [6.45, 7) is 8.59. The van der Waals surface area contributed by atoms with Gasteiger partial charge in [-0.3, -0.25) is 57.7 Å². The third-order valence-electron chi connectivity index (χ3n) is 19.6. The third-order valence-corrected chi connectivity index (χ3v) is 25.2. The number of nitrogens with two attached hydrogens (primary N) is 2. The summed E-state index contributed by atoms with van der Waals surface area (Å²) >= 11 is 10.3. The molecule has 0 fully saturated rings. The molecule has 140 heavy (non-hydrogen) atoms. The molecule has 11 N–H and O–H groups in total. The number of amides is 2. The summed E-state index contributed by atoms with van der Waals surface area (Å²) < 4.78 is 76.4. The van der Waals surface area contributed by atoms with Crippen LogP contribution in [0.15, 0.2) is 237 Å². The fourth-order valence-electron chi connectivity index (χ4n) is 12.7. The van der Waals surface area contributed by atoms with Gasteiger partial charge in [-0.25, -0.2) is 70.6 Å². The number of halogens is 4. The molecule has 0 spiro atoms. The molecule has 0 aliphatic carbocycles. The molecule has 12 aromatic heterocycles. The van der Waals surface area contributed by atoms with Crippen LogP contribution in [0.2, 0.25) is 0 Å². The normalized spacial score (nSPS) is 12.0. The maximum atomic E-state index is 13.5. The number of thioether (sulfide) groups is 5. The highest BCUT2D eigenvalue weighted by molar-refractivity contribution is 8.01. The number of ether oxygens (including phenoxy) is 3. The van der Waals surface area contributed by atoms with Gasteiger partial charge in [0.2, 0.25) is 11.8 Å². The highest BCUT2D eigenvalue weighted by Crippen LogP contribution is 2.30. The molecule has 0 bridgehead atoms. The Labute approximate surface area is 809 Å². The number of H-pyrrole nitrogens is 7. The molecule has 12 heterocycles. The molecular formula is C88H74F4N28O14S6. The second-order valence-electron chi connectivity index (χ2n) is 29.0. The second-order valence-corrected chi connectivity index (χ2v) is 35.8. The number of primary amides is 2. The van der Waals surface area contributed by atoms with Gasteiger partial charge in [0, 0.05) is 0 Å². The van der Waals surface area contributed by atoms with Crippen LogP contribution in [0.3, 0.4) is 0 Å². The van der Waals surface area contributed by atoms with Gasteiger partial charge in [0.05, 0.1) is 126 Å². The molecule has 2 amide bonds. The first kappa shape index (κ1) is 101. The molecule has 6 aromatic carbocycles. The number of aromatic nitrogens is 24. The molecule has 0 aliphatic heterocycles. The second kappa shape index (κ2) is 45.4. The lowest BCUT2D eigenvalue weighted by atomic mass is 10.2. The van der Waals surface area contributed by atoms with Gasteiger partial charge in [0.1, 0.15) is 77.0 Å². The summed E-state index contributed by atoms with van der Waals surface area (Å²) in [5.41, 5.74) is 14.7. The minimum absolute atomic E-state index is 0.200. The van der Waals surface area contributed by atoms with Gasteiger partial charge in [-0.1, -0.05) is 96.9 Å². The molecule has 714 valence electrons. The summed E-state index contributed by atoms with van der Waals surface area (Å²) in [6.07, 6.45) is 9.38. The van der Waals surface area contributed by atoms with Crippen molar-refractivity contribution in [2.75, 3.05) is 21.3 Å². The van der Waals surface area contributed by atoms with Crippen LogP contribution in [0, 0.1) is 50.7 Å². The molecule has 18 rings (SSSR count). The van der Waals surface area contributed by atoms with E-state index in [0.717, 1.165) is 58.8 Å². The molecule has 0 radical (unpaired) electrons. The lowest BCUT2D eigenvalue weighted by molar-refractivity contribution is -0.140. The van der Waals surface area contributed by atoms with E-state index in [0.29, 0.717) is 96.3 Å². The van der Waals surface area contributed by atoms with Gasteiger partial charge in [-0.15, -0.1) is 0 Å². The number of hydrogen-bond donors (Lipinski definition) is 9. The van der Waals surface area contributed by atoms with Gasteiger partial charge in [-0.2, -0.15) is 41.1 Å². The van der Waals surface area contributed by atoms with E-state index in [4.69, 9.17) is 38.9 Å². The lowest BCUT2D eigenvalue weighted by Gasteiger charge is -2.11. The van der Waals surface area contributed by atoms with Crippen LogP contribution in [0.5, 0.6) is 0 Å². The summed E-state index contributed by atoms with van der Waals surface area (Å²) in [7, 11) is 3.90. The topological polar surface area (TPSA) is 597 Å². The summed E-state index contributed by atoms with van der Waals surface area (Å²) in [4.78, 5) is 170. The standard InChI is InChI=1S/C16H15FN4O3S.C16H13N5O3S.C15H14FN5O2S.C15H13FN4O3S.C15H12N6O2S.C11H7FN4OS/c1-3-12(15(23)24-2)25-16-19-13-11(14(22)20-16)8-18-21(13)10-6-4-5-9(17)7-10;1-9(15(23)24-2)25-16-19-13-12(14(22)20-16)8-18-21(13)11-5-3-10(7-17)4-6-11;1-2-11(12(17)22)24-15-19-13-10(14(23)20-15)7-18-21(13)9-5-3-4-8(16)6-9;1-8(14(22)23-2)24-15-18-12-11(13(21)19-15)7-17-20(12)10-5-3-4-9(16)6-10;1-8(12(17)22)24-15-19-13-11(14(23)20-15)7-18-21(13)10-4-2-9(6-16)3-5-10;12-6-2-1-3-7(4-6)16-9-8(5-13-16)10(17)15-11(18)14-9/h4-8,12H,3H2,1-2H3,(H,19,20,22);3-6,8-9H,1-2H3,(H,19,20,22);3-7,11H,2H2,1H3,(H2,17,22)(H,19,20,23);3-8H,1-2H3,(H,18,19,21);2-5,7-8H,1H3,(H2,17,22)(H,19,20,23);1-5H,(H2,14,15,17,18). The zero-order valence-electron chi connectivity index (χ0n) is 74.0. The van der Waals surface area contributed by atoms with Crippen LogP contribution >= 0.6 is 71.0 Å². The van der Waals surface area contributed by atoms with Gasteiger partial charge in [0.15, 0.2) is 58.8 Å².